The van der Waals surface area contributed by atoms with Crippen LogP contribution < -0.4 is 0 Å². The number of hydrogen-bond acceptors (Lipinski definition) is 2. The van der Waals surface area contributed by atoms with Gasteiger partial charge in [-0.05, 0) is 19.4 Å². The zero-order valence-corrected chi connectivity index (χ0v) is 8.80. The molecule has 11 heavy (non-hydrogen) atoms. The largest absolute Gasteiger partial charge is 0.395 e. The molecule has 0 radical (unpaired) electrons. The molecule has 0 unspecified atom stereocenters. The van der Waals surface area contributed by atoms with Crippen molar-refractivity contribution in [1.29, 1.82) is 0 Å². The van der Waals surface area contributed by atoms with Gasteiger partial charge in [-0.25, -0.2) is 0 Å². The van der Waals surface area contributed by atoms with Crippen molar-refractivity contribution in [3.05, 3.63) is 0 Å². The van der Waals surface area contributed by atoms with Crippen LogP contribution in [0.1, 0.15) is 12.8 Å². The number of aliphatic hydroxyl groups is 1. The topological polar surface area (TPSA) is 23.5 Å². The van der Waals surface area contributed by atoms with Crippen molar-refractivity contribution in [2.24, 2.45) is 0 Å². The normalized spacial score (nSPS) is 27.8. The molecule has 1 heterocycles. The predicted octanol–water partition coefficient (Wildman–Crippen LogP) is 1.28. The Morgan fingerprint density at radius 2 is 2.09 bits per heavy atom. The summed E-state index contributed by atoms with van der Waals surface area (Å²) in [6.07, 6.45) is 2.47. The smallest absolute Gasteiger partial charge is 0.119 e. The van der Waals surface area contributed by atoms with Gasteiger partial charge in [-0.3, -0.25) is 0 Å². The highest BCUT2D eigenvalue weighted by atomic mass is 28.3. The van der Waals surface area contributed by atoms with Crippen LogP contribution in [0.25, 0.3) is 0 Å². The number of hydrogen-bond donors (Lipinski definition) is 1. The van der Waals surface area contributed by atoms with Gasteiger partial charge in [0.05, 0.1) is 6.61 Å². The van der Waals surface area contributed by atoms with Crippen molar-refractivity contribution in [2.45, 2.75) is 38.5 Å². The Balaban J connectivity index is 2.57. The van der Waals surface area contributed by atoms with E-state index in [1.165, 1.54) is 19.4 Å². The predicted molar refractivity (Wildman–Crippen MR) is 50.2 cm³/mol. The molecule has 1 fully saturated rings. The van der Waals surface area contributed by atoms with Crippen LogP contribution >= 0.6 is 0 Å². The van der Waals surface area contributed by atoms with Crippen LogP contribution in [0.4, 0.5) is 0 Å². The number of aliphatic hydroxyl groups excluding tert-OH is 1. The lowest BCUT2D eigenvalue weighted by molar-refractivity contribution is 0.210. The molecule has 0 aromatic rings. The third-order valence-electron chi connectivity index (χ3n) is 2.45. The first kappa shape index (κ1) is 9.23. The molecular weight excluding hydrogens is 154 g/mol. The van der Waals surface area contributed by atoms with Crippen LogP contribution in [-0.4, -0.2) is 37.1 Å². The van der Waals surface area contributed by atoms with Gasteiger partial charge < -0.3 is 9.67 Å². The van der Waals surface area contributed by atoms with Gasteiger partial charge in [-0.2, -0.15) is 0 Å². The third-order valence-corrected chi connectivity index (χ3v) is 4.76. The van der Waals surface area contributed by atoms with Crippen molar-refractivity contribution < 1.29 is 5.11 Å². The van der Waals surface area contributed by atoms with E-state index in [4.69, 9.17) is 5.11 Å². The van der Waals surface area contributed by atoms with Crippen LogP contribution in [-0.2, 0) is 0 Å². The maximum atomic E-state index is 9.08. The van der Waals surface area contributed by atoms with Crippen molar-refractivity contribution in [3.8, 4) is 0 Å². The summed E-state index contributed by atoms with van der Waals surface area (Å²) in [6.45, 7) is 8.61. The van der Waals surface area contributed by atoms with E-state index >= 15 is 0 Å². The Hall–Kier alpha value is 0.137. The zero-order chi connectivity index (χ0) is 8.48. The summed E-state index contributed by atoms with van der Waals surface area (Å²) in [7, 11) is -1.13. The van der Waals surface area contributed by atoms with Crippen LogP contribution in [0.5, 0.6) is 0 Å². The van der Waals surface area contributed by atoms with Crippen LogP contribution in [0, 0.1) is 0 Å². The SMILES string of the molecule is C[Si](C)(C)N1CCC[C@H]1CO. The highest BCUT2D eigenvalue weighted by molar-refractivity contribution is 6.73. The minimum absolute atomic E-state index is 0.351. The zero-order valence-electron chi connectivity index (χ0n) is 7.80. The van der Waals surface area contributed by atoms with Crippen LogP contribution in [0.3, 0.4) is 0 Å². The Morgan fingerprint density at radius 3 is 2.45 bits per heavy atom. The lowest BCUT2D eigenvalue weighted by Crippen LogP contribution is -2.49. The van der Waals surface area contributed by atoms with Crippen molar-refractivity contribution in [3.63, 3.8) is 0 Å². The first-order valence-corrected chi connectivity index (χ1v) is 7.88. The highest BCUT2D eigenvalue weighted by Crippen LogP contribution is 2.23. The fraction of sp³-hybridized carbons (Fsp3) is 1.00. The van der Waals surface area contributed by atoms with Gasteiger partial charge >= 0.3 is 0 Å². The van der Waals surface area contributed by atoms with Crippen LogP contribution in [0.2, 0.25) is 19.6 Å². The van der Waals surface area contributed by atoms with E-state index in [0.717, 1.165) is 0 Å². The first-order chi connectivity index (χ1) is 5.05. The number of nitrogens with zero attached hydrogens (tertiary/aromatic N) is 1. The van der Waals surface area contributed by atoms with E-state index in [9.17, 15) is 0 Å². The quantitative estimate of drug-likeness (QED) is 0.636. The summed E-state index contributed by atoms with van der Waals surface area (Å²) in [4.78, 5) is 0. The Labute approximate surface area is 70.3 Å². The van der Waals surface area contributed by atoms with Crippen molar-refractivity contribution in [1.82, 2.24) is 4.57 Å². The summed E-state index contributed by atoms with van der Waals surface area (Å²) in [5.41, 5.74) is 0. The molecular formula is C8H19NOSi. The molecule has 3 heteroatoms. The summed E-state index contributed by atoms with van der Waals surface area (Å²) >= 11 is 0. The molecule has 1 saturated heterocycles. The minimum atomic E-state index is -1.13. The molecule has 1 N–H and O–H groups in total. The molecule has 1 aliphatic heterocycles. The molecule has 66 valence electrons. The highest BCUT2D eigenvalue weighted by Gasteiger charge is 2.33. The standard InChI is InChI=1S/C8H19NOSi/c1-11(2,3)9-6-4-5-8(9)7-10/h8,10H,4-7H2,1-3H3/t8-/m0/s1. The molecule has 0 bridgehead atoms. The van der Waals surface area contributed by atoms with E-state index < -0.39 is 8.24 Å². The van der Waals surface area contributed by atoms with Crippen molar-refractivity contribution >= 4 is 8.24 Å². The summed E-state index contributed by atoms with van der Waals surface area (Å²) < 4.78 is 2.53. The van der Waals surface area contributed by atoms with Gasteiger partial charge in [-0.1, -0.05) is 19.6 Å². The van der Waals surface area contributed by atoms with Gasteiger partial charge in [0.1, 0.15) is 8.24 Å². The molecule has 0 amide bonds. The number of rotatable bonds is 2. The summed E-state index contributed by atoms with van der Waals surface area (Å²) in [5.74, 6) is 0. The van der Waals surface area contributed by atoms with Gasteiger partial charge in [0.25, 0.3) is 0 Å². The van der Waals surface area contributed by atoms with Gasteiger partial charge in [0.15, 0.2) is 0 Å². The van der Waals surface area contributed by atoms with Gasteiger partial charge in [-0.15, -0.1) is 0 Å². The molecule has 1 atom stereocenters. The maximum Gasteiger partial charge on any atom is 0.119 e. The third kappa shape index (κ3) is 2.04. The second kappa shape index (κ2) is 3.25. The van der Waals surface area contributed by atoms with E-state index in [1.54, 1.807) is 0 Å². The Kier molecular flexibility index (Phi) is 2.73. The van der Waals surface area contributed by atoms with E-state index in [1.807, 2.05) is 0 Å². The molecule has 0 aromatic heterocycles. The monoisotopic (exact) mass is 173 g/mol. The average molecular weight is 173 g/mol. The molecule has 2 nitrogen and oxygen atoms in total. The van der Waals surface area contributed by atoms with E-state index in [2.05, 4.69) is 24.2 Å². The molecule has 1 aliphatic rings. The molecule has 0 spiro atoms. The van der Waals surface area contributed by atoms with Gasteiger partial charge in [0.2, 0.25) is 0 Å². The average Bonchev–Trinajstić information content (AvgIpc) is 2.31. The first-order valence-electron chi connectivity index (χ1n) is 4.43. The van der Waals surface area contributed by atoms with Crippen LogP contribution in [0.15, 0.2) is 0 Å². The maximum absolute atomic E-state index is 9.08. The fourth-order valence-electron chi connectivity index (χ4n) is 1.91. The molecule has 1 rings (SSSR count). The minimum Gasteiger partial charge on any atom is -0.395 e. The lowest BCUT2D eigenvalue weighted by atomic mass is 10.2. The van der Waals surface area contributed by atoms with E-state index in [0.29, 0.717) is 12.6 Å². The van der Waals surface area contributed by atoms with E-state index in [-0.39, 0.29) is 0 Å². The van der Waals surface area contributed by atoms with Crippen molar-refractivity contribution in [2.75, 3.05) is 13.2 Å². The Morgan fingerprint density at radius 1 is 1.45 bits per heavy atom. The lowest BCUT2D eigenvalue weighted by Gasteiger charge is -2.34. The molecule has 0 aliphatic carbocycles. The summed E-state index contributed by atoms with van der Waals surface area (Å²) in [6, 6.07) is 0.474. The van der Waals surface area contributed by atoms with Gasteiger partial charge in [0, 0.05) is 6.04 Å². The second-order valence-corrected chi connectivity index (χ2v) is 9.26. The fourth-order valence-corrected chi connectivity index (χ4v) is 4.04. The molecule has 0 aromatic carbocycles. The summed E-state index contributed by atoms with van der Waals surface area (Å²) in [5, 5.41) is 9.08. The Bertz CT molecular complexity index is 133. The molecule has 0 saturated carbocycles. The second-order valence-electron chi connectivity index (χ2n) is 4.34.